The molecule has 13 heteroatoms. The van der Waals surface area contributed by atoms with Crippen molar-refractivity contribution in [3.8, 4) is 11.5 Å². The molecule has 4 aliphatic rings. The van der Waals surface area contributed by atoms with E-state index in [0.29, 0.717) is 18.2 Å². The van der Waals surface area contributed by atoms with E-state index in [1.54, 1.807) is 11.1 Å². The van der Waals surface area contributed by atoms with Crippen LogP contribution in [0.2, 0.25) is 0 Å². The van der Waals surface area contributed by atoms with Gasteiger partial charge in [-0.15, -0.1) is 0 Å². The number of hydrogen-bond acceptors (Lipinski definition) is 9. The number of likely N-dealkylation sites (tertiary alicyclic amines) is 1. The molecular weight excluding hydrogens is 609 g/mol. The summed E-state index contributed by atoms with van der Waals surface area (Å²) in [7, 11) is -2.69. The molecule has 1 spiro atoms. The monoisotopic (exact) mass is 657 g/mol. The van der Waals surface area contributed by atoms with E-state index in [-0.39, 0.29) is 52.1 Å². The highest BCUT2D eigenvalue weighted by atomic mass is 32.2. The molecule has 1 aliphatic carbocycles. The van der Waals surface area contributed by atoms with Crippen LogP contribution in [-0.4, -0.2) is 98.7 Å². The topological polar surface area (TPSA) is 124 Å². The fourth-order valence-corrected chi connectivity index (χ4v) is 8.89. The van der Waals surface area contributed by atoms with Gasteiger partial charge in [-0.05, 0) is 97.5 Å². The van der Waals surface area contributed by atoms with Gasteiger partial charge in [-0.2, -0.15) is 0 Å². The largest absolute Gasteiger partial charge is 0.451 e. The second kappa shape index (κ2) is 13.3. The third-order valence-corrected chi connectivity index (χ3v) is 11.9. The number of carbonyl (C=O) groups excluding carboxylic acids is 1. The Bertz CT molecular complexity index is 1490. The summed E-state index contributed by atoms with van der Waals surface area (Å²) in [6.07, 6.45) is 9.04. The van der Waals surface area contributed by atoms with E-state index in [0.717, 1.165) is 71.2 Å². The van der Waals surface area contributed by atoms with E-state index in [2.05, 4.69) is 24.5 Å². The first-order chi connectivity index (χ1) is 21.9. The fourth-order valence-electron chi connectivity index (χ4n) is 7.22. The van der Waals surface area contributed by atoms with Crippen molar-refractivity contribution in [1.29, 1.82) is 4.78 Å². The van der Waals surface area contributed by atoms with Crippen molar-refractivity contribution in [2.24, 2.45) is 5.41 Å². The lowest BCUT2D eigenvalue weighted by molar-refractivity contribution is -0.0298. The molecule has 2 aromatic rings. The van der Waals surface area contributed by atoms with Crippen molar-refractivity contribution in [2.45, 2.75) is 95.7 Å². The SMILES string of the molecule is CC(C)N(C(=O)c1cc(F)ccc1Oc1cncnc1N1CC2(CCN(C[C@@H]3CC[C@@H](NS(=N)(=O)C4CC4)CO3)CC2)C1)C(C)C. The molecule has 1 unspecified atom stereocenters. The van der Waals surface area contributed by atoms with Gasteiger partial charge in [0.1, 0.15) is 27.8 Å². The molecule has 1 aromatic heterocycles. The maximum atomic E-state index is 14.4. The Morgan fingerprint density at radius 1 is 1.15 bits per heavy atom. The highest BCUT2D eigenvalue weighted by molar-refractivity contribution is 7.91. The molecule has 0 radical (unpaired) electrons. The second-order valence-corrected chi connectivity index (χ2v) is 16.3. The van der Waals surface area contributed by atoms with Crippen LogP contribution in [0, 0.1) is 16.0 Å². The minimum Gasteiger partial charge on any atom is -0.451 e. The predicted molar refractivity (Wildman–Crippen MR) is 175 cm³/mol. The van der Waals surface area contributed by atoms with Gasteiger partial charge < -0.3 is 24.2 Å². The van der Waals surface area contributed by atoms with Crippen molar-refractivity contribution < 1.29 is 22.9 Å². The summed E-state index contributed by atoms with van der Waals surface area (Å²) >= 11 is 0. The van der Waals surface area contributed by atoms with Gasteiger partial charge in [-0.1, -0.05) is 0 Å². The third kappa shape index (κ3) is 7.32. The van der Waals surface area contributed by atoms with Gasteiger partial charge in [-0.25, -0.2) is 28.1 Å². The summed E-state index contributed by atoms with van der Waals surface area (Å²) in [5.74, 6) is 0.614. The average molecular weight is 658 g/mol. The number of aromatic nitrogens is 2. The van der Waals surface area contributed by atoms with E-state index in [4.69, 9.17) is 14.3 Å². The molecule has 4 heterocycles. The maximum Gasteiger partial charge on any atom is 0.258 e. The van der Waals surface area contributed by atoms with Crippen LogP contribution in [0.4, 0.5) is 10.2 Å². The summed E-state index contributed by atoms with van der Waals surface area (Å²) < 4.78 is 50.4. The van der Waals surface area contributed by atoms with Gasteiger partial charge in [0.05, 0.1) is 29.7 Å². The minimum atomic E-state index is -2.69. The number of rotatable bonds is 11. The summed E-state index contributed by atoms with van der Waals surface area (Å²) in [4.78, 5) is 28.7. The molecule has 252 valence electrons. The zero-order valence-electron chi connectivity index (χ0n) is 27.4. The number of hydrogen-bond donors (Lipinski definition) is 2. The normalized spacial score (nSPS) is 24.5. The van der Waals surface area contributed by atoms with Crippen molar-refractivity contribution in [1.82, 2.24) is 24.5 Å². The zero-order chi connectivity index (χ0) is 32.6. The van der Waals surface area contributed by atoms with Gasteiger partial charge in [0.2, 0.25) is 0 Å². The van der Waals surface area contributed by atoms with Gasteiger partial charge in [-0.3, -0.25) is 4.79 Å². The lowest BCUT2D eigenvalue weighted by atomic mass is 9.72. The van der Waals surface area contributed by atoms with E-state index < -0.39 is 15.7 Å². The van der Waals surface area contributed by atoms with Crippen molar-refractivity contribution in [3.05, 3.63) is 42.1 Å². The first kappa shape index (κ1) is 33.0. The van der Waals surface area contributed by atoms with Crippen LogP contribution in [0.25, 0.3) is 0 Å². The summed E-state index contributed by atoms with van der Waals surface area (Å²) in [6, 6.07) is 3.93. The molecule has 4 fully saturated rings. The summed E-state index contributed by atoms with van der Waals surface area (Å²) in [6.45, 7) is 12.9. The Morgan fingerprint density at radius 3 is 2.50 bits per heavy atom. The second-order valence-electron chi connectivity index (χ2n) is 14.2. The Hall–Kier alpha value is -2.87. The first-order valence-corrected chi connectivity index (χ1v) is 18.3. The van der Waals surface area contributed by atoms with E-state index in [1.807, 2.05) is 27.7 Å². The van der Waals surface area contributed by atoms with Crippen LogP contribution >= 0.6 is 0 Å². The molecule has 46 heavy (non-hydrogen) atoms. The van der Waals surface area contributed by atoms with Crippen molar-refractivity contribution in [2.75, 3.05) is 44.2 Å². The molecule has 3 saturated heterocycles. The Morgan fingerprint density at radius 2 is 1.87 bits per heavy atom. The molecule has 0 bridgehead atoms. The van der Waals surface area contributed by atoms with E-state index >= 15 is 0 Å². The number of piperidine rings is 1. The van der Waals surface area contributed by atoms with Gasteiger partial charge >= 0.3 is 0 Å². The molecule has 6 rings (SSSR count). The number of benzene rings is 1. The summed E-state index contributed by atoms with van der Waals surface area (Å²) in [5.41, 5.74) is 0.386. The molecule has 1 saturated carbocycles. The minimum absolute atomic E-state index is 0.00741. The first-order valence-electron chi connectivity index (χ1n) is 16.7. The van der Waals surface area contributed by atoms with Crippen LogP contribution in [0.1, 0.15) is 76.6 Å². The number of amides is 1. The number of nitrogens with one attached hydrogen (secondary N) is 2. The zero-order valence-corrected chi connectivity index (χ0v) is 28.2. The van der Waals surface area contributed by atoms with Crippen LogP contribution in [0.3, 0.4) is 0 Å². The lowest BCUT2D eigenvalue weighted by Gasteiger charge is -2.54. The molecule has 1 amide bonds. The van der Waals surface area contributed by atoms with Crippen LogP contribution in [0.15, 0.2) is 30.7 Å². The van der Waals surface area contributed by atoms with Crippen LogP contribution in [0.5, 0.6) is 11.5 Å². The molecule has 11 nitrogen and oxygen atoms in total. The third-order valence-electron chi connectivity index (χ3n) is 9.83. The average Bonchev–Trinajstić information content (AvgIpc) is 3.85. The number of nitrogens with zero attached hydrogens (tertiary/aromatic N) is 5. The van der Waals surface area contributed by atoms with Gasteiger partial charge in [0.15, 0.2) is 11.6 Å². The molecule has 1 aromatic carbocycles. The maximum absolute atomic E-state index is 14.4. The van der Waals surface area contributed by atoms with Crippen LogP contribution in [-0.2, 0) is 14.7 Å². The Kier molecular flexibility index (Phi) is 9.57. The van der Waals surface area contributed by atoms with Crippen molar-refractivity contribution in [3.63, 3.8) is 0 Å². The Balaban J connectivity index is 1.02. The summed E-state index contributed by atoms with van der Waals surface area (Å²) in [5, 5.41) is 0.0192. The van der Waals surface area contributed by atoms with Gasteiger partial charge in [0, 0.05) is 43.2 Å². The molecule has 3 aliphatic heterocycles. The van der Waals surface area contributed by atoms with Gasteiger partial charge in [0.25, 0.3) is 5.91 Å². The number of ether oxygens (including phenoxy) is 2. The molecular formula is C33H48FN7O4S. The van der Waals surface area contributed by atoms with Crippen molar-refractivity contribution >= 4 is 21.6 Å². The fraction of sp³-hybridized carbons (Fsp3) is 0.667. The lowest BCUT2D eigenvalue weighted by Crippen LogP contribution is -2.61. The van der Waals surface area contributed by atoms with E-state index in [9.17, 15) is 13.4 Å². The quantitative estimate of drug-likeness (QED) is 0.352. The number of halogens is 1. The molecule has 2 N–H and O–H groups in total. The predicted octanol–water partition coefficient (Wildman–Crippen LogP) is 4.83. The number of carbonyl (C=O) groups is 1. The smallest absolute Gasteiger partial charge is 0.258 e. The highest BCUT2D eigenvalue weighted by Gasteiger charge is 2.46. The standard InChI is InChI=1S/C33H48FN7O4S/c1-22(2)41(23(3)4)32(42)28-15-24(34)5-10-29(28)45-30-16-36-21-37-31(30)40-19-33(20-40)11-13-39(14-12-33)17-26-7-6-25(18-44-26)38-46(35,43)27-8-9-27/h5,10,15-16,21-23,25-27H,6-9,11-14,17-20H2,1-4H3,(H2,35,38,43)/t25-,26+,46?/m1/s1. The molecule has 3 atom stereocenters. The number of anilines is 1. The van der Waals surface area contributed by atoms with Crippen LogP contribution < -0.4 is 14.4 Å². The Labute approximate surface area is 272 Å². The van der Waals surface area contributed by atoms with E-state index in [1.165, 1.54) is 24.5 Å². The highest BCUT2D eigenvalue weighted by Crippen LogP contribution is 2.45.